The van der Waals surface area contributed by atoms with E-state index < -0.39 is 0 Å². The van der Waals surface area contributed by atoms with Crippen molar-refractivity contribution in [3.05, 3.63) is 59.2 Å². The average molecular weight is 234 g/mol. The first-order valence-corrected chi connectivity index (χ1v) is 5.51. The summed E-state index contributed by atoms with van der Waals surface area (Å²) in [6.07, 6.45) is 2.57. The number of hydrogen-bond donors (Lipinski definition) is 0. The van der Waals surface area contributed by atoms with E-state index in [4.69, 9.17) is 16.3 Å². The summed E-state index contributed by atoms with van der Waals surface area (Å²) in [6, 6.07) is 13.4. The van der Waals surface area contributed by atoms with Crippen LogP contribution in [-0.2, 0) is 6.42 Å². The molecule has 16 heavy (non-hydrogen) atoms. The predicted molar refractivity (Wildman–Crippen MR) is 64.9 cm³/mol. The van der Waals surface area contributed by atoms with Gasteiger partial charge >= 0.3 is 0 Å². The topological polar surface area (TPSA) is 22.1 Å². The van der Waals surface area contributed by atoms with E-state index in [1.165, 1.54) is 5.56 Å². The van der Waals surface area contributed by atoms with Crippen molar-refractivity contribution in [1.29, 1.82) is 0 Å². The zero-order valence-corrected chi connectivity index (χ0v) is 9.52. The molecule has 0 bridgehead atoms. The zero-order valence-electron chi connectivity index (χ0n) is 8.77. The number of nitrogens with zero attached hydrogens (tertiary/aromatic N) is 1. The molecule has 0 saturated carbocycles. The minimum absolute atomic E-state index is 0.624. The van der Waals surface area contributed by atoms with Gasteiger partial charge in [0, 0.05) is 23.7 Å². The van der Waals surface area contributed by atoms with Crippen molar-refractivity contribution < 1.29 is 4.74 Å². The lowest BCUT2D eigenvalue weighted by Gasteiger charge is -2.04. The van der Waals surface area contributed by atoms with Crippen LogP contribution in [-0.4, -0.2) is 11.6 Å². The molecule has 1 aromatic carbocycles. The van der Waals surface area contributed by atoms with Crippen LogP contribution in [0.15, 0.2) is 48.7 Å². The van der Waals surface area contributed by atoms with E-state index in [0.29, 0.717) is 12.5 Å². The van der Waals surface area contributed by atoms with E-state index in [-0.39, 0.29) is 0 Å². The van der Waals surface area contributed by atoms with Crippen LogP contribution < -0.4 is 4.74 Å². The number of benzene rings is 1. The number of hydrogen-bond acceptors (Lipinski definition) is 2. The van der Waals surface area contributed by atoms with Gasteiger partial charge in [-0.1, -0.05) is 29.8 Å². The monoisotopic (exact) mass is 233 g/mol. The summed E-state index contributed by atoms with van der Waals surface area (Å²) in [5, 5.41) is 0.759. The van der Waals surface area contributed by atoms with Crippen LogP contribution in [0.3, 0.4) is 0 Å². The van der Waals surface area contributed by atoms with Crippen molar-refractivity contribution in [1.82, 2.24) is 4.98 Å². The molecule has 0 aliphatic rings. The Hall–Kier alpha value is -1.54. The maximum Gasteiger partial charge on any atom is 0.213 e. The predicted octanol–water partition coefficient (Wildman–Crippen LogP) is 3.36. The minimum atomic E-state index is 0.624. The molecule has 0 fully saturated rings. The molecule has 1 heterocycles. The van der Waals surface area contributed by atoms with Crippen molar-refractivity contribution in [2.24, 2.45) is 0 Å². The summed E-state index contributed by atoms with van der Waals surface area (Å²) in [4.78, 5) is 4.08. The Morgan fingerprint density at radius 2 is 1.88 bits per heavy atom. The fourth-order valence-electron chi connectivity index (χ4n) is 1.36. The molecular weight excluding hydrogens is 222 g/mol. The van der Waals surface area contributed by atoms with Gasteiger partial charge in [-0.25, -0.2) is 4.98 Å². The molecule has 0 aliphatic heterocycles. The summed E-state index contributed by atoms with van der Waals surface area (Å²) in [5.74, 6) is 0.663. The molecule has 0 unspecified atom stereocenters. The molecule has 0 spiro atoms. The minimum Gasteiger partial charge on any atom is -0.477 e. The van der Waals surface area contributed by atoms with Gasteiger partial charge in [0.25, 0.3) is 0 Å². The second-order valence-electron chi connectivity index (χ2n) is 3.39. The molecular formula is C13H12ClNO. The average Bonchev–Trinajstić information content (AvgIpc) is 2.33. The van der Waals surface area contributed by atoms with Crippen LogP contribution in [0.5, 0.6) is 5.88 Å². The molecule has 2 aromatic rings. The van der Waals surface area contributed by atoms with Gasteiger partial charge in [0.15, 0.2) is 0 Å². The fourth-order valence-corrected chi connectivity index (χ4v) is 1.48. The van der Waals surface area contributed by atoms with Crippen LogP contribution in [0, 0.1) is 0 Å². The summed E-state index contributed by atoms with van der Waals surface area (Å²) in [7, 11) is 0. The summed E-state index contributed by atoms with van der Waals surface area (Å²) in [6.45, 7) is 0.624. The number of pyridine rings is 1. The van der Waals surface area contributed by atoms with Gasteiger partial charge < -0.3 is 4.74 Å². The van der Waals surface area contributed by atoms with E-state index in [0.717, 1.165) is 11.4 Å². The van der Waals surface area contributed by atoms with E-state index in [1.54, 1.807) is 6.20 Å². The molecule has 0 atom stereocenters. The Bertz CT molecular complexity index is 427. The molecule has 0 radical (unpaired) electrons. The van der Waals surface area contributed by atoms with Gasteiger partial charge in [-0.2, -0.15) is 0 Å². The van der Waals surface area contributed by atoms with Crippen LogP contribution in [0.25, 0.3) is 0 Å². The lowest BCUT2D eigenvalue weighted by Crippen LogP contribution is -2.02. The third-order valence-electron chi connectivity index (χ3n) is 2.19. The SMILES string of the molecule is Clc1ccc(CCOc2ccccn2)cc1. The van der Waals surface area contributed by atoms with Crippen molar-refractivity contribution >= 4 is 11.6 Å². The fraction of sp³-hybridized carbons (Fsp3) is 0.154. The first kappa shape index (κ1) is 11.0. The molecule has 0 aliphatic carbocycles. The Kier molecular flexibility index (Phi) is 3.78. The van der Waals surface area contributed by atoms with Crippen LogP contribution in [0.2, 0.25) is 5.02 Å². The lowest BCUT2D eigenvalue weighted by molar-refractivity contribution is 0.309. The van der Waals surface area contributed by atoms with Gasteiger partial charge in [-0.3, -0.25) is 0 Å². The first-order chi connectivity index (χ1) is 7.84. The highest BCUT2D eigenvalue weighted by Gasteiger charge is 1.95. The molecule has 3 heteroatoms. The second-order valence-corrected chi connectivity index (χ2v) is 3.83. The molecule has 2 nitrogen and oxygen atoms in total. The van der Waals surface area contributed by atoms with Crippen molar-refractivity contribution in [2.45, 2.75) is 6.42 Å². The first-order valence-electron chi connectivity index (χ1n) is 5.13. The highest BCUT2D eigenvalue weighted by molar-refractivity contribution is 6.30. The normalized spacial score (nSPS) is 10.1. The summed E-state index contributed by atoms with van der Waals surface area (Å²) < 4.78 is 5.50. The molecule has 0 amide bonds. The third-order valence-corrected chi connectivity index (χ3v) is 2.44. The van der Waals surface area contributed by atoms with Gasteiger partial charge in [0.2, 0.25) is 5.88 Å². The number of rotatable bonds is 4. The number of aromatic nitrogens is 1. The maximum atomic E-state index is 5.80. The Balaban J connectivity index is 1.82. The van der Waals surface area contributed by atoms with Gasteiger partial charge in [-0.05, 0) is 23.8 Å². The highest BCUT2D eigenvalue weighted by atomic mass is 35.5. The number of ether oxygens (including phenoxy) is 1. The molecule has 0 saturated heterocycles. The Morgan fingerprint density at radius 3 is 2.56 bits per heavy atom. The smallest absolute Gasteiger partial charge is 0.213 e. The largest absolute Gasteiger partial charge is 0.477 e. The van der Waals surface area contributed by atoms with Crippen LogP contribution >= 0.6 is 11.6 Å². The summed E-state index contributed by atoms with van der Waals surface area (Å²) >= 11 is 5.80. The lowest BCUT2D eigenvalue weighted by atomic mass is 10.2. The standard InChI is InChI=1S/C13H12ClNO/c14-12-6-4-11(5-7-12)8-10-16-13-3-1-2-9-15-13/h1-7,9H,8,10H2. The van der Waals surface area contributed by atoms with Crippen molar-refractivity contribution in [3.8, 4) is 5.88 Å². The van der Waals surface area contributed by atoms with E-state index >= 15 is 0 Å². The summed E-state index contributed by atoms with van der Waals surface area (Å²) in [5.41, 5.74) is 1.21. The Labute approximate surface area is 99.9 Å². The van der Waals surface area contributed by atoms with Crippen LogP contribution in [0.4, 0.5) is 0 Å². The second kappa shape index (κ2) is 5.52. The van der Waals surface area contributed by atoms with Crippen LogP contribution in [0.1, 0.15) is 5.56 Å². The molecule has 0 N–H and O–H groups in total. The van der Waals surface area contributed by atoms with Gasteiger partial charge in [-0.15, -0.1) is 0 Å². The van der Waals surface area contributed by atoms with E-state index in [9.17, 15) is 0 Å². The van der Waals surface area contributed by atoms with Crippen molar-refractivity contribution in [2.75, 3.05) is 6.61 Å². The highest BCUT2D eigenvalue weighted by Crippen LogP contribution is 2.10. The quantitative estimate of drug-likeness (QED) is 0.808. The molecule has 82 valence electrons. The molecule has 2 rings (SSSR count). The maximum absolute atomic E-state index is 5.80. The van der Waals surface area contributed by atoms with Gasteiger partial charge in [0.1, 0.15) is 0 Å². The van der Waals surface area contributed by atoms with E-state index in [1.807, 2.05) is 42.5 Å². The van der Waals surface area contributed by atoms with Crippen molar-refractivity contribution in [3.63, 3.8) is 0 Å². The number of halogens is 1. The Morgan fingerprint density at radius 1 is 1.06 bits per heavy atom. The zero-order chi connectivity index (χ0) is 11.2. The third kappa shape index (κ3) is 3.24. The van der Waals surface area contributed by atoms with E-state index in [2.05, 4.69) is 4.98 Å². The molecule has 1 aromatic heterocycles. The van der Waals surface area contributed by atoms with Gasteiger partial charge in [0.05, 0.1) is 6.61 Å².